The molecule has 0 bridgehead atoms. The molecule has 1 aromatic heterocycles. The first-order chi connectivity index (χ1) is 10.3. The first-order valence-corrected chi connectivity index (χ1v) is 7.52. The molecule has 5 heteroatoms. The highest BCUT2D eigenvalue weighted by atomic mass is 35.5. The maximum atomic E-state index is 12.2. The number of rotatable bonds is 4. The van der Waals surface area contributed by atoms with Gasteiger partial charge in [0.15, 0.2) is 6.10 Å². The molecule has 22 heavy (non-hydrogen) atoms. The molecule has 0 N–H and O–H groups in total. The van der Waals surface area contributed by atoms with Gasteiger partial charge in [0.1, 0.15) is 0 Å². The van der Waals surface area contributed by atoms with Crippen molar-refractivity contribution in [2.75, 3.05) is 7.11 Å². The molecule has 1 atom stereocenters. The van der Waals surface area contributed by atoms with Crippen LogP contribution in [-0.4, -0.2) is 24.2 Å². The number of carbonyl (C=O) groups excluding carboxylic acids is 1. The fraction of sp³-hybridized carbons (Fsp3) is 0.412. The summed E-state index contributed by atoms with van der Waals surface area (Å²) in [4.78, 5) is 16.7. The van der Waals surface area contributed by atoms with Gasteiger partial charge < -0.3 is 9.47 Å². The number of hydrogen-bond acceptors (Lipinski definition) is 4. The molecule has 0 fully saturated rings. The Labute approximate surface area is 135 Å². The fourth-order valence-electron chi connectivity index (χ4n) is 2.57. The number of methoxy groups -OCH3 is 1. The number of benzene rings is 1. The van der Waals surface area contributed by atoms with Crippen molar-refractivity contribution in [3.05, 3.63) is 40.0 Å². The molecule has 0 aliphatic rings. The third-order valence-electron chi connectivity index (χ3n) is 3.53. The summed E-state index contributed by atoms with van der Waals surface area (Å²) in [7, 11) is 1.36. The molecule has 118 valence electrons. The Morgan fingerprint density at radius 2 is 1.95 bits per heavy atom. The summed E-state index contributed by atoms with van der Waals surface area (Å²) in [5, 5.41) is 1.54. The summed E-state index contributed by atoms with van der Waals surface area (Å²) in [5.41, 5.74) is 3.27. The minimum absolute atomic E-state index is 0.113. The second-order valence-corrected chi connectivity index (χ2v) is 5.92. The van der Waals surface area contributed by atoms with Gasteiger partial charge >= 0.3 is 5.97 Å². The second kappa shape index (κ2) is 6.63. The maximum absolute atomic E-state index is 12.2. The van der Waals surface area contributed by atoms with Crippen molar-refractivity contribution < 1.29 is 14.3 Å². The van der Waals surface area contributed by atoms with E-state index in [1.807, 2.05) is 39.8 Å². The van der Waals surface area contributed by atoms with Gasteiger partial charge in [0.05, 0.1) is 18.7 Å². The minimum atomic E-state index is -0.791. The van der Waals surface area contributed by atoms with E-state index in [-0.39, 0.29) is 6.10 Å². The van der Waals surface area contributed by atoms with Crippen LogP contribution in [0.5, 0.6) is 0 Å². The van der Waals surface area contributed by atoms with Gasteiger partial charge in [-0.2, -0.15) is 0 Å². The van der Waals surface area contributed by atoms with Gasteiger partial charge in [-0.3, -0.25) is 4.98 Å². The monoisotopic (exact) mass is 321 g/mol. The van der Waals surface area contributed by atoms with Crippen molar-refractivity contribution in [1.29, 1.82) is 0 Å². The van der Waals surface area contributed by atoms with Crippen LogP contribution in [0.2, 0.25) is 5.02 Å². The van der Waals surface area contributed by atoms with Crippen LogP contribution in [0.1, 0.15) is 36.8 Å². The first-order valence-electron chi connectivity index (χ1n) is 7.14. The van der Waals surface area contributed by atoms with Gasteiger partial charge in [0, 0.05) is 21.7 Å². The Morgan fingerprint density at radius 3 is 2.55 bits per heavy atom. The Balaban J connectivity index is 2.68. The van der Waals surface area contributed by atoms with E-state index in [0.717, 1.165) is 27.7 Å². The predicted molar refractivity (Wildman–Crippen MR) is 87.2 cm³/mol. The number of aryl methyl sites for hydroxylation is 2. The lowest BCUT2D eigenvalue weighted by Gasteiger charge is -2.22. The molecular formula is C17H20ClNO3. The molecule has 1 aromatic carbocycles. The molecule has 0 aliphatic carbocycles. The number of nitrogens with zero attached hydrogens (tertiary/aromatic N) is 1. The number of pyridine rings is 1. The molecule has 1 unspecified atom stereocenters. The summed E-state index contributed by atoms with van der Waals surface area (Å²) in [5.74, 6) is -0.428. The topological polar surface area (TPSA) is 48.4 Å². The first kappa shape index (κ1) is 16.7. The van der Waals surface area contributed by atoms with Crippen molar-refractivity contribution in [3.63, 3.8) is 0 Å². The zero-order valence-corrected chi connectivity index (χ0v) is 14.2. The molecule has 0 radical (unpaired) electrons. The number of hydrogen-bond donors (Lipinski definition) is 0. The van der Waals surface area contributed by atoms with E-state index in [9.17, 15) is 4.79 Å². The van der Waals surface area contributed by atoms with E-state index in [2.05, 4.69) is 4.98 Å². The highest BCUT2D eigenvalue weighted by Gasteiger charge is 2.28. The lowest BCUT2D eigenvalue weighted by molar-refractivity contribution is -0.157. The Bertz CT molecular complexity index is 713. The molecule has 0 saturated carbocycles. The largest absolute Gasteiger partial charge is 0.467 e. The molecule has 1 heterocycles. The molecule has 0 saturated heterocycles. The number of esters is 1. The number of fused-ring (bicyclic) bond motifs is 1. The van der Waals surface area contributed by atoms with E-state index >= 15 is 0 Å². The van der Waals surface area contributed by atoms with Crippen LogP contribution in [-0.2, 0) is 14.3 Å². The minimum Gasteiger partial charge on any atom is -0.467 e. The van der Waals surface area contributed by atoms with E-state index in [4.69, 9.17) is 21.1 Å². The molecule has 0 aliphatic heterocycles. The van der Waals surface area contributed by atoms with Crippen molar-refractivity contribution >= 4 is 28.5 Å². The summed E-state index contributed by atoms with van der Waals surface area (Å²) < 4.78 is 10.7. The molecule has 2 aromatic rings. The van der Waals surface area contributed by atoms with Gasteiger partial charge in [-0.25, -0.2) is 4.79 Å². The number of aromatic nitrogens is 1. The lowest BCUT2D eigenvalue weighted by atomic mass is 9.97. The molecule has 0 amide bonds. The molecule has 2 rings (SSSR count). The highest BCUT2D eigenvalue weighted by Crippen LogP contribution is 2.32. The summed E-state index contributed by atoms with van der Waals surface area (Å²) in [6, 6.07) is 5.53. The van der Waals surface area contributed by atoms with Crippen molar-refractivity contribution in [2.24, 2.45) is 0 Å². The number of carbonyl (C=O) groups is 1. The average molecular weight is 322 g/mol. The molecule has 0 spiro atoms. The van der Waals surface area contributed by atoms with Crippen LogP contribution >= 0.6 is 11.6 Å². The van der Waals surface area contributed by atoms with Crippen LogP contribution in [0.4, 0.5) is 0 Å². The third kappa shape index (κ3) is 3.23. The lowest BCUT2D eigenvalue weighted by Crippen LogP contribution is -2.23. The second-order valence-electron chi connectivity index (χ2n) is 5.49. The van der Waals surface area contributed by atoms with Gasteiger partial charge in [0.25, 0.3) is 0 Å². The van der Waals surface area contributed by atoms with E-state index < -0.39 is 12.1 Å². The van der Waals surface area contributed by atoms with Gasteiger partial charge in [-0.05, 0) is 51.5 Å². The summed E-state index contributed by atoms with van der Waals surface area (Å²) >= 11 is 6.09. The highest BCUT2D eigenvalue weighted by molar-refractivity contribution is 6.31. The van der Waals surface area contributed by atoms with Crippen LogP contribution in [0.25, 0.3) is 10.9 Å². The number of halogens is 1. The zero-order valence-electron chi connectivity index (χ0n) is 13.4. The SMILES string of the molecule is COC(=O)C(OC(C)C)c1c(C)nc2ccc(Cl)cc2c1C. The van der Waals surface area contributed by atoms with Crippen molar-refractivity contribution in [1.82, 2.24) is 4.98 Å². The third-order valence-corrected chi connectivity index (χ3v) is 3.77. The summed E-state index contributed by atoms with van der Waals surface area (Å²) in [6.07, 6.45) is -0.904. The van der Waals surface area contributed by atoms with Crippen LogP contribution in [0.15, 0.2) is 18.2 Å². The normalized spacial score (nSPS) is 12.7. The zero-order chi connectivity index (χ0) is 16.4. The number of ether oxygens (including phenoxy) is 2. The van der Waals surface area contributed by atoms with E-state index in [1.165, 1.54) is 7.11 Å². The van der Waals surface area contributed by atoms with Crippen molar-refractivity contribution in [3.8, 4) is 0 Å². The van der Waals surface area contributed by atoms with Crippen LogP contribution < -0.4 is 0 Å². The van der Waals surface area contributed by atoms with Crippen LogP contribution in [0, 0.1) is 13.8 Å². The summed E-state index contributed by atoms with van der Waals surface area (Å²) in [6.45, 7) is 7.58. The van der Waals surface area contributed by atoms with Gasteiger partial charge in [0.2, 0.25) is 0 Å². The van der Waals surface area contributed by atoms with E-state index in [0.29, 0.717) is 5.02 Å². The quantitative estimate of drug-likeness (QED) is 0.794. The Kier molecular flexibility index (Phi) is 5.04. The molecule has 4 nitrogen and oxygen atoms in total. The Morgan fingerprint density at radius 1 is 1.27 bits per heavy atom. The van der Waals surface area contributed by atoms with Gasteiger partial charge in [-0.15, -0.1) is 0 Å². The van der Waals surface area contributed by atoms with Crippen molar-refractivity contribution in [2.45, 2.75) is 39.9 Å². The maximum Gasteiger partial charge on any atom is 0.339 e. The van der Waals surface area contributed by atoms with E-state index in [1.54, 1.807) is 6.07 Å². The average Bonchev–Trinajstić information content (AvgIpc) is 2.46. The molecular weight excluding hydrogens is 302 g/mol. The smallest absolute Gasteiger partial charge is 0.339 e. The fourth-order valence-corrected chi connectivity index (χ4v) is 2.74. The van der Waals surface area contributed by atoms with Crippen LogP contribution in [0.3, 0.4) is 0 Å². The predicted octanol–water partition coefficient (Wildman–Crippen LogP) is 4.14. The standard InChI is InChI=1S/C17H20ClNO3/c1-9(2)22-16(17(20)21-5)15-10(3)13-8-12(18)6-7-14(13)19-11(15)4/h6-9,16H,1-5H3. The van der Waals surface area contributed by atoms with Gasteiger partial charge in [-0.1, -0.05) is 11.6 Å². The Hall–Kier alpha value is -1.65.